The molecule has 0 aliphatic carbocycles. The van der Waals surface area contributed by atoms with Gasteiger partial charge in [-0.1, -0.05) is 30.3 Å². The van der Waals surface area contributed by atoms with Crippen molar-refractivity contribution < 1.29 is 9.84 Å². The molecule has 1 N–H and O–H groups in total. The van der Waals surface area contributed by atoms with Crippen LogP contribution in [0.2, 0.25) is 0 Å². The summed E-state index contributed by atoms with van der Waals surface area (Å²) >= 11 is 0. The molecular weight excluding hydrogens is 392 g/mol. The fourth-order valence-corrected chi connectivity index (χ4v) is 3.90. The number of aryl methyl sites for hydroxylation is 1. The van der Waals surface area contributed by atoms with Crippen molar-refractivity contribution in [1.82, 2.24) is 14.5 Å². The first-order valence-electron chi connectivity index (χ1n) is 10.6. The van der Waals surface area contributed by atoms with Crippen molar-refractivity contribution in [1.29, 1.82) is 0 Å². The standard InChI is InChI=1S/C24H28N4O3/c1-3-31-21-11-9-20(10-12-21)27-16-26(13-14-29)17-28-23(30)22(18(2)25-24(27)28)15-19-7-5-4-6-8-19/h4-12,29H,3,13-17H2,1-2H3. The van der Waals surface area contributed by atoms with Gasteiger partial charge in [-0.25, -0.2) is 4.98 Å². The molecule has 1 aliphatic rings. The molecule has 0 saturated carbocycles. The van der Waals surface area contributed by atoms with Crippen LogP contribution >= 0.6 is 0 Å². The van der Waals surface area contributed by atoms with Crippen molar-refractivity contribution in [3.05, 3.63) is 81.8 Å². The number of hydrogen-bond donors (Lipinski definition) is 1. The summed E-state index contributed by atoms with van der Waals surface area (Å²) in [5.74, 6) is 1.42. The molecule has 7 nitrogen and oxygen atoms in total. The molecule has 0 spiro atoms. The first-order chi connectivity index (χ1) is 15.1. The summed E-state index contributed by atoms with van der Waals surface area (Å²) in [6.45, 7) is 5.90. The van der Waals surface area contributed by atoms with E-state index < -0.39 is 0 Å². The monoisotopic (exact) mass is 420 g/mol. The molecule has 0 radical (unpaired) electrons. The maximum absolute atomic E-state index is 13.5. The lowest BCUT2D eigenvalue weighted by atomic mass is 10.1. The van der Waals surface area contributed by atoms with Crippen LogP contribution in [-0.4, -0.2) is 46.0 Å². The van der Waals surface area contributed by atoms with Crippen molar-refractivity contribution >= 4 is 11.6 Å². The van der Waals surface area contributed by atoms with Gasteiger partial charge in [0.2, 0.25) is 5.95 Å². The fraction of sp³-hybridized carbons (Fsp3) is 0.333. The highest BCUT2D eigenvalue weighted by Crippen LogP contribution is 2.29. The van der Waals surface area contributed by atoms with E-state index in [0.717, 1.165) is 22.7 Å². The Hall–Kier alpha value is -3.16. The van der Waals surface area contributed by atoms with E-state index in [4.69, 9.17) is 9.72 Å². The highest BCUT2D eigenvalue weighted by molar-refractivity contribution is 5.59. The molecule has 0 fully saturated rings. The average molecular weight is 421 g/mol. The maximum Gasteiger partial charge on any atom is 0.259 e. The maximum atomic E-state index is 13.5. The summed E-state index contributed by atoms with van der Waals surface area (Å²) < 4.78 is 7.26. The van der Waals surface area contributed by atoms with Gasteiger partial charge in [0.15, 0.2) is 0 Å². The van der Waals surface area contributed by atoms with Crippen LogP contribution in [0.1, 0.15) is 23.7 Å². The summed E-state index contributed by atoms with van der Waals surface area (Å²) in [5, 5.41) is 9.50. The van der Waals surface area contributed by atoms with Crippen LogP contribution in [0, 0.1) is 6.92 Å². The molecule has 2 heterocycles. The molecule has 162 valence electrons. The summed E-state index contributed by atoms with van der Waals surface area (Å²) in [6, 6.07) is 17.7. The minimum absolute atomic E-state index is 0.0252. The van der Waals surface area contributed by atoms with E-state index in [9.17, 15) is 9.90 Å². The fourth-order valence-electron chi connectivity index (χ4n) is 3.90. The van der Waals surface area contributed by atoms with Crippen molar-refractivity contribution in [2.24, 2.45) is 0 Å². The Kier molecular flexibility index (Phi) is 6.34. The third-order valence-electron chi connectivity index (χ3n) is 5.47. The zero-order valence-electron chi connectivity index (χ0n) is 18.0. The number of aromatic nitrogens is 2. The lowest BCUT2D eigenvalue weighted by Gasteiger charge is -2.38. The van der Waals surface area contributed by atoms with Crippen molar-refractivity contribution in [2.75, 3.05) is 31.3 Å². The van der Waals surface area contributed by atoms with Crippen molar-refractivity contribution in [3.8, 4) is 5.75 Å². The predicted octanol–water partition coefficient (Wildman–Crippen LogP) is 2.90. The van der Waals surface area contributed by atoms with Gasteiger partial charge in [-0.2, -0.15) is 0 Å². The van der Waals surface area contributed by atoms with E-state index in [2.05, 4.69) is 0 Å². The molecule has 0 unspecified atom stereocenters. The van der Waals surface area contributed by atoms with E-state index in [1.165, 1.54) is 0 Å². The molecule has 0 saturated heterocycles. The number of anilines is 2. The van der Waals surface area contributed by atoms with E-state index in [1.807, 2.05) is 78.2 Å². The highest BCUT2D eigenvalue weighted by atomic mass is 16.5. The average Bonchev–Trinajstić information content (AvgIpc) is 2.78. The normalized spacial score (nSPS) is 13.8. The van der Waals surface area contributed by atoms with Gasteiger partial charge < -0.3 is 9.84 Å². The summed E-state index contributed by atoms with van der Waals surface area (Å²) in [7, 11) is 0. The van der Waals surface area contributed by atoms with Crippen LogP contribution in [0.25, 0.3) is 0 Å². The van der Waals surface area contributed by atoms with Gasteiger partial charge in [0.1, 0.15) is 5.75 Å². The van der Waals surface area contributed by atoms with Gasteiger partial charge in [0.05, 0.1) is 32.2 Å². The smallest absolute Gasteiger partial charge is 0.259 e. The Morgan fingerprint density at radius 1 is 1.06 bits per heavy atom. The number of ether oxygens (including phenoxy) is 1. The van der Waals surface area contributed by atoms with Crippen molar-refractivity contribution in [3.63, 3.8) is 0 Å². The number of nitrogens with zero attached hydrogens (tertiary/aromatic N) is 4. The van der Waals surface area contributed by atoms with Gasteiger partial charge in [-0.15, -0.1) is 0 Å². The molecule has 2 aromatic carbocycles. The Bertz CT molecular complexity index is 1080. The van der Waals surface area contributed by atoms with Crippen molar-refractivity contribution in [2.45, 2.75) is 26.9 Å². The molecule has 1 aromatic heterocycles. The molecule has 0 amide bonds. The number of fused-ring (bicyclic) bond motifs is 1. The SMILES string of the molecule is CCOc1ccc(N2CN(CCO)Cn3c2nc(C)c(Cc2ccccc2)c3=O)cc1. The molecule has 0 bridgehead atoms. The minimum Gasteiger partial charge on any atom is -0.494 e. The van der Waals surface area contributed by atoms with E-state index >= 15 is 0 Å². The van der Waals surface area contributed by atoms with Crippen LogP contribution in [0.3, 0.4) is 0 Å². The molecule has 4 rings (SSSR count). The van der Waals surface area contributed by atoms with Gasteiger partial charge >= 0.3 is 0 Å². The topological polar surface area (TPSA) is 70.8 Å². The first kappa shape index (κ1) is 21.1. The summed E-state index contributed by atoms with van der Waals surface area (Å²) in [6.07, 6.45) is 0.543. The second-order valence-corrected chi connectivity index (χ2v) is 7.63. The number of hydrogen-bond acceptors (Lipinski definition) is 6. The number of aliphatic hydroxyl groups excluding tert-OH is 1. The van der Waals surface area contributed by atoms with Gasteiger partial charge in [0.25, 0.3) is 5.56 Å². The van der Waals surface area contributed by atoms with Crippen LogP contribution in [-0.2, 0) is 13.1 Å². The molecule has 0 atom stereocenters. The molecular formula is C24H28N4O3. The second kappa shape index (κ2) is 9.32. The molecule has 31 heavy (non-hydrogen) atoms. The third-order valence-corrected chi connectivity index (χ3v) is 5.47. The number of benzene rings is 2. The Morgan fingerprint density at radius 2 is 1.81 bits per heavy atom. The largest absolute Gasteiger partial charge is 0.494 e. The quantitative estimate of drug-likeness (QED) is 0.634. The zero-order chi connectivity index (χ0) is 21.8. The summed E-state index contributed by atoms with van der Waals surface area (Å²) in [4.78, 5) is 22.4. The number of rotatable bonds is 7. The van der Waals surface area contributed by atoms with E-state index in [-0.39, 0.29) is 12.2 Å². The van der Waals surface area contributed by atoms with Crippen LogP contribution in [0.4, 0.5) is 11.6 Å². The first-order valence-corrected chi connectivity index (χ1v) is 10.6. The Labute approximate surface area is 182 Å². The molecule has 1 aliphatic heterocycles. The summed E-state index contributed by atoms with van der Waals surface area (Å²) in [5.41, 5.74) is 3.41. The Balaban J connectivity index is 1.75. The molecule has 3 aromatic rings. The van der Waals surface area contributed by atoms with E-state index in [1.54, 1.807) is 4.57 Å². The van der Waals surface area contributed by atoms with Gasteiger partial charge in [-0.3, -0.25) is 19.2 Å². The van der Waals surface area contributed by atoms with Gasteiger partial charge in [-0.05, 0) is 43.7 Å². The minimum atomic E-state index is -0.0371. The van der Waals surface area contributed by atoms with Gasteiger partial charge in [0, 0.05) is 24.2 Å². The van der Waals surface area contributed by atoms with E-state index in [0.29, 0.717) is 44.4 Å². The predicted molar refractivity (Wildman–Crippen MR) is 121 cm³/mol. The lowest BCUT2D eigenvalue weighted by molar-refractivity contribution is 0.152. The lowest BCUT2D eigenvalue weighted by Crippen LogP contribution is -2.48. The van der Waals surface area contributed by atoms with Crippen LogP contribution in [0.15, 0.2) is 59.4 Å². The second-order valence-electron chi connectivity index (χ2n) is 7.63. The number of aliphatic hydroxyl groups is 1. The zero-order valence-corrected chi connectivity index (χ0v) is 18.0. The van der Waals surface area contributed by atoms with Crippen LogP contribution < -0.4 is 15.2 Å². The Morgan fingerprint density at radius 3 is 2.48 bits per heavy atom. The number of β-amino-alcohol motifs (C(OH)–C–C–N with tert-alkyl or cyclic N) is 1. The highest BCUT2D eigenvalue weighted by Gasteiger charge is 2.27. The molecule has 7 heteroatoms. The third kappa shape index (κ3) is 4.47. The van der Waals surface area contributed by atoms with Crippen LogP contribution in [0.5, 0.6) is 5.75 Å².